The van der Waals surface area contributed by atoms with Crippen molar-refractivity contribution in [3.05, 3.63) is 35.9 Å². The van der Waals surface area contributed by atoms with Gasteiger partial charge in [-0.05, 0) is 51.0 Å². The van der Waals surface area contributed by atoms with Crippen LogP contribution in [0.1, 0.15) is 51.5 Å². The van der Waals surface area contributed by atoms with Gasteiger partial charge in [-0.15, -0.1) is 0 Å². The summed E-state index contributed by atoms with van der Waals surface area (Å²) in [5, 5.41) is 3.53. The normalized spacial score (nSPS) is 11.2. The van der Waals surface area contributed by atoms with Gasteiger partial charge < -0.3 is 5.32 Å². The van der Waals surface area contributed by atoms with Crippen molar-refractivity contribution in [2.75, 3.05) is 26.2 Å². The number of benzene rings is 1. The molecule has 0 bridgehead atoms. The predicted molar refractivity (Wildman–Crippen MR) is 89.0 cm³/mol. The zero-order valence-electron chi connectivity index (χ0n) is 13.4. The van der Waals surface area contributed by atoms with Crippen LogP contribution in [0.4, 0.5) is 0 Å². The summed E-state index contributed by atoms with van der Waals surface area (Å²) in [7, 11) is 0. The first kappa shape index (κ1) is 17.2. The lowest BCUT2D eigenvalue weighted by molar-refractivity contribution is 0.257. The summed E-state index contributed by atoms with van der Waals surface area (Å²) in [5.74, 6) is 0. The summed E-state index contributed by atoms with van der Waals surface area (Å²) < 4.78 is 0. The maximum absolute atomic E-state index is 3.53. The third kappa shape index (κ3) is 8.34. The molecule has 1 rings (SSSR count). The lowest BCUT2D eigenvalue weighted by Crippen LogP contribution is -2.28. The molecule has 0 saturated heterocycles. The summed E-state index contributed by atoms with van der Waals surface area (Å²) >= 11 is 0. The van der Waals surface area contributed by atoms with Gasteiger partial charge in [0.1, 0.15) is 0 Å². The van der Waals surface area contributed by atoms with Gasteiger partial charge in [0.2, 0.25) is 0 Å². The highest BCUT2D eigenvalue weighted by molar-refractivity contribution is 5.14. The van der Waals surface area contributed by atoms with Crippen LogP contribution in [0.15, 0.2) is 30.3 Å². The summed E-state index contributed by atoms with van der Waals surface area (Å²) in [4.78, 5) is 2.60. The fraction of sp³-hybridized carbons (Fsp3) is 0.667. The van der Waals surface area contributed by atoms with Crippen molar-refractivity contribution in [2.45, 2.75) is 52.5 Å². The second kappa shape index (κ2) is 11.9. The van der Waals surface area contributed by atoms with Gasteiger partial charge in [0.25, 0.3) is 0 Å². The average Bonchev–Trinajstić information content (AvgIpc) is 2.49. The van der Waals surface area contributed by atoms with E-state index in [-0.39, 0.29) is 0 Å². The van der Waals surface area contributed by atoms with Crippen LogP contribution >= 0.6 is 0 Å². The van der Waals surface area contributed by atoms with Crippen LogP contribution in [0.25, 0.3) is 0 Å². The summed E-state index contributed by atoms with van der Waals surface area (Å²) in [6.45, 7) is 10.4. The molecule has 1 N–H and O–H groups in total. The van der Waals surface area contributed by atoms with E-state index in [9.17, 15) is 0 Å². The molecule has 0 aliphatic rings. The number of nitrogens with zero attached hydrogens (tertiary/aromatic N) is 1. The molecule has 2 nitrogen and oxygen atoms in total. The zero-order valence-corrected chi connectivity index (χ0v) is 13.4. The molecule has 0 unspecified atom stereocenters. The van der Waals surface area contributed by atoms with Gasteiger partial charge in [0.05, 0.1) is 0 Å². The molecular weight excluding hydrogens is 244 g/mol. The first-order valence-electron chi connectivity index (χ1n) is 8.33. The molecule has 0 amide bonds. The molecule has 1 aromatic carbocycles. The Morgan fingerprint density at radius 3 is 2.20 bits per heavy atom. The van der Waals surface area contributed by atoms with Crippen LogP contribution in [-0.2, 0) is 6.54 Å². The number of rotatable bonds is 12. The van der Waals surface area contributed by atoms with E-state index in [0.29, 0.717) is 0 Å². The molecule has 20 heavy (non-hydrogen) atoms. The molecular formula is C18H32N2. The summed E-state index contributed by atoms with van der Waals surface area (Å²) in [6.07, 6.45) is 6.41. The molecule has 0 heterocycles. The summed E-state index contributed by atoms with van der Waals surface area (Å²) in [5.41, 5.74) is 1.43. The Hall–Kier alpha value is -0.860. The maximum atomic E-state index is 3.53. The standard InChI is InChI=1S/C18H32N2/c1-3-5-13-19-14-10-16-20(15-6-4-2)17-18-11-8-7-9-12-18/h7-9,11-12,19H,3-6,10,13-17H2,1-2H3. The van der Waals surface area contributed by atoms with E-state index in [4.69, 9.17) is 0 Å². The van der Waals surface area contributed by atoms with Crippen molar-refractivity contribution in [2.24, 2.45) is 0 Å². The van der Waals surface area contributed by atoms with Crippen molar-refractivity contribution in [3.63, 3.8) is 0 Å². The minimum Gasteiger partial charge on any atom is -0.317 e. The minimum atomic E-state index is 1.09. The van der Waals surface area contributed by atoms with E-state index in [0.717, 1.165) is 13.1 Å². The smallest absolute Gasteiger partial charge is 0.0233 e. The third-order valence-corrected chi connectivity index (χ3v) is 3.61. The van der Waals surface area contributed by atoms with E-state index >= 15 is 0 Å². The van der Waals surface area contributed by atoms with Crippen LogP contribution in [0, 0.1) is 0 Å². The van der Waals surface area contributed by atoms with Crippen molar-refractivity contribution in [1.29, 1.82) is 0 Å². The van der Waals surface area contributed by atoms with Gasteiger partial charge in [0.15, 0.2) is 0 Å². The maximum Gasteiger partial charge on any atom is 0.0233 e. The van der Waals surface area contributed by atoms with Crippen LogP contribution in [-0.4, -0.2) is 31.1 Å². The Morgan fingerprint density at radius 2 is 1.50 bits per heavy atom. The molecule has 0 fully saturated rings. The molecule has 0 radical (unpaired) electrons. The van der Waals surface area contributed by atoms with Crippen LogP contribution < -0.4 is 5.32 Å². The Morgan fingerprint density at radius 1 is 0.850 bits per heavy atom. The van der Waals surface area contributed by atoms with Crippen molar-refractivity contribution in [3.8, 4) is 0 Å². The first-order chi connectivity index (χ1) is 9.86. The lowest BCUT2D eigenvalue weighted by Gasteiger charge is -2.22. The molecule has 114 valence electrons. The van der Waals surface area contributed by atoms with Crippen molar-refractivity contribution < 1.29 is 0 Å². The monoisotopic (exact) mass is 276 g/mol. The predicted octanol–water partition coefficient (Wildman–Crippen LogP) is 4.07. The molecule has 2 heteroatoms. The Bertz CT molecular complexity index is 310. The van der Waals surface area contributed by atoms with Gasteiger partial charge in [-0.3, -0.25) is 4.90 Å². The molecule has 0 aliphatic carbocycles. The quantitative estimate of drug-likeness (QED) is 0.579. The van der Waals surface area contributed by atoms with Gasteiger partial charge >= 0.3 is 0 Å². The second-order valence-corrected chi connectivity index (χ2v) is 5.57. The Labute approximate surface area is 125 Å². The molecule has 1 aromatic rings. The highest BCUT2D eigenvalue weighted by atomic mass is 15.1. The van der Waals surface area contributed by atoms with Crippen LogP contribution in [0.3, 0.4) is 0 Å². The molecule has 0 atom stereocenters. The Kier molecular flexibility index (Phi) is 10.3. The molecule has 0 aliphatic heterocycles. The van der Waals surface area contributed by atoms with E-state index in [1.54, 1.807) is 0 Å². The largest absolute Gasteiger partial charge is 0.317 e. The highest BCUT2D eigenvalue weighted by Crippen LogP contribution is 2.06. The highest BCUT2D eigenvalue weighted by Gasteiger charge is 2.05. The minimum absolute atomic E-state index is 1.09. The SMILES string of the molecule is CCCCNCCCN(CCCC)Cc1ccccc1. The van der Waals surface area contributed by atoms with E-state index in [1.807, 2.05) is 0 Å². The number of hydrogen-bond acceptors (Lipinski definition) is 2. The van der Waals surface area contributed by atoms with E-state index < -0.39 is 0 Å². The van der Waals surface area contributed by atoms with E-state index in [1.165, 1.54) is 57.3 Å². The number of nitrogens with one attached hydrogen (secondary N) is 1. The molecule has 0 aromatic heterocycles. The second-order valence-electron chi connectivity index (χ2n) is 5.57. The first-order valence-corrected chi connectivity index (χ1v) is 8.33. The number of unbranched alkanes of at least 4 members (excludes halogenated alkanes) is 2. The Balaban J connectivity index is 2.25. The van der Waals surface area contributed by atoms with E-state index in [2.05, 4.69) is 54.4 Å². The van der Waals surface area contributed by atoms with Crippen LogP contribution in [0.5, 0.6) is 0 Å². The summed E-state index contributed by atoms with van der Waals surface area (Å²) in [6, 6.07) is 10.8. The fourth-order valence-electron chi connectivity index (χ4n) is 2.35. The molecule has 0 saturated carbocycles. The van der Waals surface area contributed by atoms with Crippen molar-refractivity contribution in [1.82, 2.24) is 10.2 Å². The topological polar surface area (TPSA) is 15.3 Å². The third-order valence-electron chi connectivity index (χ3n) is 3.61. The van der Waals surface area contributed by atoms with Crippen molar-refractivity contribution >= 4 is 0 Å². The lowest BCUT2D eigenvalue weighted by atomic mass is 10.2. The van der Waals surface area contributed by atoms with Crippen LogP contribution in [0.2, 0.25) is 0 Å². The molecule has 0 spiro atoms. The van der Waals surface area contributed by atoms with Gasteiger partial charge in [-0.25, -0.2) is 0 Å². The number of hydrogen-bond donors (Lipinski definition) is 1. The van der Waals surface area contributed by atoms with Gasteiger partial charge in [-0.2, -0.15) is 0 Å². The average molecular weight is 276 g/mol. The van der Waals surface area contributed by atoms with Gasteiger partial charge in [0, 0.05) is 6.54 Å². The van der Waals surface area contributed by atoms with Gasteiger partial charge in [-0.1, -0.05) is 57.0 Å². The fourth-order valence-corrected chi connectivity index (χ4v) is 2.35. The zero-order chi connectivity index (χ0) is 14.5.